The molecule has 0 saturated carbocycles. The molecular weight excluding hydrogens is 490 g/mol. The molecule has 1 atom stereocenters. The van der Waals surface area contributed by atoms with E-state index >= 15 is 0 Å². The number of aliphatic hydroxyl groups is 1. The Bertz CT molecular complexity index is 1470. The van der Waals surface area contributed by atoms with Crippen molar-refractivity contribution in [1.82, 2.24) is 20.2 Å². The smallest absolute Gasteiger partial charge is 0.254 e. The number of nitrogens with zero attached hydrogens (tertiary/aromatic N) is 2. The van der Waals surface area contributed by atoms with Gasteiger partial charge in [-0.2, -0.15) is 0 Å². The Labute approximate surface area is 219 Å². The molecule has 0 aliphatic heterocycles. The fourth-order valence-corrected chi connectivity index (χ4v) is 4.45. The van der Waals surface area contributed by atoms with Crippen LogP contribution in [0.3, 0.4) is 0 Å². The second kappa shape index (κ2) is 11.5. The molecule has 2 aromatic carbocycles. The molecule has 0 fully saturated rings. The van der Waals surface area contributed by atoms with Gasteiger partial charge in [-0.05, 0) is 54.8 Å². The largest absolute Gasteiger partial charge is 0.394 e. The lowest BCUT2D eigenvalue weighted by molar-refractivity contribution is 0.0920. The number of nitrogens with one attached hydrogen (secondary N) is 2. The number of carbonyl (C=O) groups excluding carboxylic acids is 2. The maximum Gasteiger partial charge on any atom is 0.254 e. The van der Waals surface area contributed by atoms with E-state index in [1.54, 1.807) is 31.3 Å². The first-order chi connectivity index (χ1) is 18.2. The molecule has 3 N–H and O–H groups in total. The number of pyridine rings is 1. The molecule has 0 bridgehead atoms. The lowest BCUT2D eigenvalue weighted by atomic mass is 10.0. The van der Waals surface area contributed by atoms with Gasteiger partial charge in [-0.25, -0.2) is 8.78 Å². The molecule has 2 heterocycles. The number of amides is 2. The van der Waals surface area contributed by atoms with Crippen LogP contribution in [-0.2, 0) is 13.1 Å². The molecule has 0 spiro atoms. The fraction of sp³-hybridized carbons (Fsp3) is 0.276. The van der Waals surface area contributed by atoms with Gasteiger partial charge in [0.15, 0.2) is 11.6 Å². The molecule has 38 heavy (non-hydrogen) atoms. The number of hydrogen-bond acceptors (Lipinski definition) is 4. The highest BCUT2D eigenvalue weighted by molar-refractivity contribution is 6.10. The van der Waals surface area contributed by atoms with Gasteiger partial charge < -0.3 is 20.3 Å². The Hall–Kier alpha value is -4.11. The number of rotatable bonds is 9. The SMILES string of the molecule is CC(CO)NC(=O)c1ccc2c(C(=O)NCc3ccc(F)c(F)c3)c(C(C)C)n(Cc3ccccn3)c2c1. The third-order valence-electron chi connectivity index (χ3n) is 6.28. The Balaban J connectivity index is 1.79. The highest BCUT2D eigenvalue weighted by Crippen LogP contribution is 2.33. The fourth-order valence-electron chi connectivity index (χ4n) is 4.45. The Morgan fingerprint density at radius 3 is 2.45 bits per heavy atom. The first kappa shape index (κ1) is 26.9. The van der Waals surface area contributed by atoms with Crippen LogP contribution in [0.25, 0.3) is 10.9 Å². The molecule has 0 aliphatic carbocycles. The van der Waals surface area contributed by atoms with Crippen molar-refractivity contribution in [2.45, 2.75) is 45.8 Å². The maximum absolute atomic E-state index is 13.7. The molecule has 0 saturated heterocycles. The van der Waals surface area contributed by atoms with Crippen molar-refractivity contribution in [2.24, 2.45) is 0 Å². The van der Waals surface area contributed by atoms with Crippen molar-refractivity contribution in [3.8, 4) is 0 Å². The number of aromatic nitrogens is 2. The van der Waals surface area contributed by atoms with Gasteiger partial charge in [-0.15, -0.1) is 0 Å². The van der Waals surface area contributed by atoms with Gasteiger partial charge >= 0.3 is 0 Å². The van der Waals surface area contributed by atoms with Crippen molar-refractivity contribution < 1.29 is 23.5 Å². The van der Waals surface area contributed by atoms with E-state index in [0.29, 0.717) is 34.1 Å². The third kappa shape index (κ3) is 5.73. The minimum absolute atomic E-state index is 0.0139. The number of aliphatic hydroxyl groups excluding tert-OH is 1. The Morgan fingerprint density at radius 2 is 1.79 bits per heavy atom. The summed E-state index contributed by atoms with van der Waals surface area (Å²) in [6, 6.07) is 13.8. The highest BCUT2D eigenvalue weighted by Gasteiger charge is 2.26. The number of hydrogen-bond donors (Lipinski definition) is 3. The summed E-state index contributed by atoms with van der Waals surface area (Å²) in [5, 5.41) is 15.6. The summed E-state index contributed by atoms with van der Waals surface area (Å²) in [7, 11) is 0. The molecule has 4 aromatic rings. The lowest BCUT2D eigenvalue weighted by Crippen LogP contribution is -2.34. The van der Waals surface area contributed by atoms with Crippen LogP contribution in [-0.4, -0.2) is 39.1 Å². The monoisotopic (exact) mass is 520 g/mol. The quantitative estimate of drug-likeness (QED) is 0.302. The molecule has 2 amide bonds. The summed E-state index contributed by atoms with van der Waals surface area (Å²) in [6.07, 6.45) is 1.70. The Kier molecular flexibility index (Phi) is 8.16. The molecule has 1 unspecified atom stereocenters. The predicted molar refractivity (Wildman–Crippen MR) is 141 cm³/mol. The standard InChI is InChI=1S/C29H30F2N4O3/c1-17(2)27-26(29(38)33-14-19-7-10-23(30)24(31)12-19)22-9-8-20(28(37)34-18(3)16-36)13-25(22)35(27)15-21-6-4-5-11-32-21/h4-13,17-18,36H,14-16H2,1-3H3,(H,33,38)(H,34,37). The zero-order valence-electron chi connectivity index (χ0n) is 21.5. The van der Waals surface area contributed by atoms with Crippen LogP contribution in [0.1, 0.15) is 64.4 Å². The summed E-state index contributed by atoms with van der Waals surface area (Å²) in [5.41, 5.74) is 3.49. The molecule has 0 radical (unpaired) electrons. The van der Waals surface area contributed by atoms with Crippen LogP contribution in [0, 0.1) is 11.6 Å². The first-order valence-corrected chi connectivity index (χ1v) is 12.4. The summed E-state index contributed by atoms with van der Waals surface area (Å²) >= 11 is 0. The van der Waals surface area contributed by atoms with Crippen LogP contribution in [0.15, 0.2) is 60.8 Å². The van der Waals surface area contributed by atoms with Gasteiger partial charge in [0.2, 0.25) is 0 Å². The number of benzene rings is 2. The van der Waals surface area contributed by atoms with Crippen molar-refractivity contribution in [3.05, 3.63) is 101 Å². The average molecular weight is 521 g/mol. The van der Waals surface area contributed by atoms with E-state index in [0.717, 1.165) is 23.5 Å². The van der Waals surface area contributed by atoms with Gasteiger partial charge in [0.05, 0.1) is 29.9 Å². The average Bonchev–Trinajstić information content (AvgIpc) is 3.23. The van der Waals surface area contributed by atoms with Crippen LogP contribution in [0.2, 0.25) is 0 Å². The van der Waals surface area contributed by atoms with Crippen molar-refractivity contribution in [3.63, 3.8) is 0 Å². The third-order valence-corrected chi connectivity index (χ3v) is 6.28. The topological polar surface area (TPSA) is 96.3 Å². The van der Waals surface area contributed by atoms with E-state index in [1.807, 2.05) is 36.6 Å². The van der Waals surface area contributed by atoms with Crippen molar-refractivity contribution in [1.29, 1.82) is 0 Å². The summed E-state index contributed by atoms with van der Waals surface area (Å²) in [6.45, 7) is 5.85. The van der Waals surface area contributed by atoms with Crippen LogP contribution in [0.5, 0.6) is 0 Å². The minimum atomic E-state index is -0.979. The second-order valence-corrected chi connectivity index (χ2v) is 9.54. The molecule has 2 aromatic heterocycles. The number of halogens is 2. The first-order valence-electron chi connectivity index (χ1n) is 12.4. The second-order valence-electron chi connectivity index (χ2n) is 9.54. The van der Waals surface area contributed by atoms with Crippen LogP contribution < -0.4 is 10.6 Å². The van der Waals surface area contributed by atoms with Gasteiger partial charge in [0, 0.05) is 35.4 Å². The van der Waals surface area contributed by atoms with E-state index < -0.39 is 17.7 Å². The minimum Gasteiger partial charge on any atom is -0.394 e. The Morgan fingerprint density at radius 1 is 1.00 bits per heavy atom. The lowest BCUT2D eigenvalue weighted by Gasteiger charge is -2.15. The predicted octanol–water partition coefficient (Wildman–Crippen LogP) is 4.53. The molecule has 0 aliphatic rings. The summed E-state index contributed by atoms with van der Waals surface area (Å²) in [4.78, 5) is 30.8. The maximum atomic E-state index is 13.7. The van der Waals surface area contributed by atoms with Crippen LogP contribution in [0.4, 0.5) is 8.78 Å². The van der Waals surface area contributed by atoms with Crippen molar-refractivity contribution in [2.75, 3.05) is 6.61 Å². The summed E-state index contributed by atoms with van der Waals surface area (Å²) in [5.74, 6) is -2.70. The van der Waals surface area contributed by atoms with Crippen molar-refractivity contribution >= 4 is 22.7 Å². The molecule has 4 rings (SSSR count). The van der Waals surface area contributed by atoms with E-state index in [9.17, 15) is 23.5 Å². The van der Waals surface area contributed by atoms with E-state index in [2.05, 4.69) is 15.6 Å². The van der Waals surface area contributed by atoms with E-state index in [-0.39, 0.29) is 30.9 Å². The van der Waals surface area contributed by atoms with Crippen LogP contribution >= 0.6 is 0 Å². The van der Waals surface area contributed by atoms with E-state index in [1.165, 1.54) is 6.07 Å². The molecule has 7 nitrogen and oxygen atoms in total. The molecular formula is C29H30F2N4O3. The normalized spacial score (nSPS) is 12.1. The zero-order valence-corrected chi connectivity index (χ0v) is 21.5. The summed E-state index contributed by atoms with van der Waals surface area (Å²) < 4.78 is 29.0. The van der Waals surface area contributed by atoms with Gasteiger partial charge in [0.1, 0.15) is 0 Å². The molecule has 198 valence electrons. The molecule has 9 heteroatoms. The zero-order chi connectivity index (χ0) is 27.4. The van der Waals surface area contributed by atoms with Gasteiger partial charge in [0.25, 0.3) is 11.8 Å². The number of carbonyl (C=O) groups is 2. The number of fused-ring (bicyclic) bond motifs is 1. The van der Waals surface area contributed by atoms with E-state index in [4.69, 9.17) is 0 Å². The highest BCUT2D eigenvalue weighted by atomic mass is 19.2. The van der Waals surface area contributed by atoms with Gasteiger partial charge in [-0.1, -0.05) is 32.0 Å². The van der Waals surface area contributed by atoms with Gasteiger partial charge in [-0.3, -0.25) is 14.6 Å².